The number of ether oxygens (including phenoxy) is 1. The molecule has 7 nitrogen and oxygen atoms in total. The lowest BCUT2D eigenvalue weighted by atomic mass is 9.86. The second-order valence-electron chi connectivity index (χ2n) is 9.39. The van der Waals surface area contributed by atoms with E-state index in [0.29, 0.717) is 6.42 Å². The van der Waals surface area contributed by atoms with Crippen LogP contribution in [0, 0.1) is 11.8 Å². The molecule has 2 saturated heterocycles. The fraction of sp³-hybridized carbons (Fsp3) is 0.560. The van der Waals surface area contributed by atoms with Crippen molar-refractivity contribution in [2.24, 2.45) is 11.8 Å². The molecular formula is C25H33N5O2. The molecule has 32 heavy (non-hydrogen) atoms. The lowest BCUT2D eigenvalue weighted by Crippen LogP contribution is -2.36. The third-order valence-corrected chi connectivity index (χ3v) is 7.09. The van der Waals surface area contributed by atoms with Gasteiger partial charge in [-0.1, -0.05) is 6.92 Å². The predicted molar refractivity (Wildman–Crippen MR) is 126 cm³/mol. The lowest BCUT2D eigenvalue weighted by molar-refractivity contribution is -0.120. The smallest absolute Gasteiger partial charge is 0.227 e. The quantitative estimate of drug-likeness (QED) is 0.795. The summed E-state index contributed by atoms with van der Waals surface area (Å²) in [5.74, 6) is 1.70. The number of nitrogens with zero attached hydrogens (tertiary/aromatic N) is 4. The van der Waals surface area contributed by atoms with Crippen molar-refractivity contribution in [1.29, 1.82) is 0 Å². The first-order valence-corrected chi connectivity index (χ1v) is 12.0. The average Bonchev–Trinajstić information content (AvgIpc) is 2.85. The molecule has 0 spiro atoms. The maximum Gasteiger partial charge on any atom is 0.227 e. The maximum atomic E-state index is 12.9. The van der Waals surface area contributed by atoms with Crippen LogP contribution in [0.4, 0.5) is 17.3 Å². The number of fused-ring (bicyclic) bond motifs is 1. The molecule has 5 rings (SSSR count). The van der Waals surface area contributed by atoms with Crippen LogP contribution < -0.4 is 15.1 Å². The summed E-state index contributed by atoms with van der Waals surface area (Å²) in [6, 6.07) is 8.14. The van der Waals surface area contributed by atoms with Crippen molar-refractivity contribution in [2.75, 3.05) is 54.5 Å². The van der Waals surface area contributed by atoms with E-state index in [-0.39, 0.29) is 11.8 Å². The van der Waals surface area contributed by atoms with E-state index in [4.69, 9.17) is 9.72 Å². The van der Waals surface area contributed by atoms with Crippen molar-refractivity contribution >= 4 is 23.2 Å². The summed E-state index contributed by atoms with van der Waals surface area (Å²) in [7, 11) is 0. The number of hydrogen-bond donors (Lipinski definition) is 1. The number of rotatable bonds is 4. The zero-order chi connectivity index (χ0) is 21.9. The van der Waals surface area contributed by atoms with Gasteiger partial charge in [-0.3, -0.25) is 4.79 Å². The Balaban J connectivity index is 1.18. The number of benzene rings is 1. The number of hydrogen-bond acceptors (Lipinski definition) is 6. The number of carbonyl (C=O) groups excluding carboxylic acids is 1. The summed E-state index contributed by atoms with van der Waals surface area (Å²) in [4.78, 5) is 27.0. The summed E-state index contributed by atoms with van der Waals surface area (Å²) >= 11 is 0. The molecule has 0 radical (unpaired) electrons. The summed E-state index contributed by atoms with van der Waals surface area (Å²) in [5.41, 5.74) is 4.26. The Morgan fingerprint density at radius 1 is 1.03 bits per heavy atom. The highest BCUT2D eigenvalue weighted by molar-refractivity contribution is 5.93. The molecule has 0 bridgehead atoms. The van der Waals surface area contributed by atoms with Crippen molar-refractivity contribution in [3.05, 3.63) is 41.7 Å². The van der Waals surface area contributed by atoms with Crippen molar-refractivity contribution in [3.63, 3.8) is 0 Å². The van der Waals surface area contributed by atoms with Gasteiger partial charge in [-0.2, -0.15) is 0 Å². The van der Waals surface area contributed by atoms with E-state index < -0.39 is 0 Å². The first-order valence-electron chi connectivity index (χ1n) is 12.0. The fourth-order valence-electron chi connectivity index (χ4n) is 4.90. The molecule has 2 aliphatic heterocycles. The van der Waals surface area contributed by atoms with Crippen LogP contribution in [0.5, 0.6) is 0 Å². The first-order chi connectivity index (χ1) is 15.7. The van der Waals surface area contributed by atoms with Crippen LogP contribution >= 0.6 is 0 Å². The first kappa shape index (κ1) is 21.2. The van der Waals surface area contributed by atoms with E-state index in [2.05, 4.69) is 39.2 Å². The largest absolute Gasteiger partial charge is 0.378 e. The molecule has 3 aliphatic rings. The van der Waals surface area contributed by atoms with Crippen LogP contribution in [0.1, 0.15) is 37.4 Å². The molecular weight excluding hydrogens is 402 g/mol. The SMILES string of the molecule is CC1CCN(c2ncc3c(n2)CCC(C(=O)Nc2ccc(N4CCOCC4)cc2)C3)CC1. The molecule has 1 atom stereocenters. The molecule has 7 heteroatoms. The van der Waals surface area contributed by atoms with E-state index >= 15 is 0 Å². The van der Waals surface area contributed by atoms with Crippen LogP contribution in [0.15, 0.2) is 30.5 Å². The van der Waals surface area contributed by atoms with Gasteiger partial charge < -0.3 is 19.9 Å². The van der Waals surface area contributed by atoms with Gasteiger partial charge in [0.25, 0.3) is 0 Å². The minimum absolute atomic E-state index is 0.0355. The number of anilines is 3. The highest BCUT2D eigenvalue weighted by Crippen LogP contribution is 2.28. The Bertz CT molecular complexity index is 934. The van der Waals surface area contributed by atoms with Gasteiger partial charge >= 0.3 is 0 Å². The van der Waals surface area contributed by atoms with E-state index in [0.717, 1.165) is 81.0 Å². The molecule has 1 unspecified atom stereocenters. The number of amides is 1. The van der Waals surface area contributed by atoms with E-state index in [1.54, 1.807) is 0 Å². The van der Waals surface area contributed by atoms with Crippen LogP contribution in [0.25, 0.3) is 0 Å². The molecule has 1 aliphatic carbocycles. The van der Waals surface area contributed by atoms with Gasteiger partial charge in [0, 0.05) is 55.4 Å². The average molecular weight is 436 g/mol. The molecule has 170 valence electrons. The Hall–Kier alpha value is -2.67. The highest BCUT2D eigenvalue weighted by Gasteiger charge is 2.27. The van der Waals surface area contributed by atoms with Crippen LogP contribution in [-0.4, -0.2) is 55.3 Å². The van der Waals surface area contributed by atoms with Gasteiger partial charge in [-0.25, -0.2) is 9.97 Å². The Morgan fingerprint density at radius 3 is 2.53 bits per heavy atom. The molecule has 1 aromatic carbocycles. The second-order valence-corrected chi connectivity index (χ2v) is 9.39. The van der Waals surface area contributed by atoms with Gasteiger partial charge in [-0.15, -0.1) is 0 Å². The zero-order valence-electron chi connectivity index (χ0n) is 18.9. The Labute approximate surface area is 190 Å². The van der Waals surface area contributed by atoms with Crippen LogP contribution in [0.2, 0.25) is 0 Å². The number of piperidine rings is 1. The third kappa shape index (κ3) is 4.72. The molecule has 2 aromatic rings. The Morgan fingerprint density at radius 2 is 1.78 bits per heavy atom. The third-order valence-electron chi connectivity index (χ3n) is 7.09. The Kier molecular flexibility index (Phi) is 6.26. The summed E-state index contributed by atoms with van der Waals surface area (Å²) in [5, 5.41) is 3.11. The number of aryl methyl sites for hydroxylation is 1. The lowest BCUT2D eigenvalue weighted by Gasteiger charge is -2.31. The molecule has 3 heterocycles. The van der Waals surface area contributed by atoms with Crippen LogP contribution in [-0.2, 0) is 22.4 Å². The minimum Gasteiger partial charge on any atom is -0.378 e. The minimum atomic E-state index is -0.0355. The van der Waals surface area contributed by atoms with Gasteiger partial charge in [0.15, 0.2) is 0 Å². The zero-order valence-corrected chi connectivity index (χ0v) is 18.9. The predicted octanol–water partition coefficient (Wildman–Crippen LogP) is 3.29. The van der Waals surface area contributed by atoms with E-state index in [1.165, 1.54) is 18.5 Å². The summed E-state index contributed by atoms with van der Waals surface area (Å²) < 4.78 is 5.42. The monoisotopic (exact) mass is 435 g/mol. The number of nitrogens with one attached hydrogen (secondary N) is 1. The number of morpholine rings is 1. The summed E-state index contributed by atoms with van der Waals surface area (Å²) in [6.07, 6.45) is 6.74. The standard InChI is InChI=1S/C25H33N5O2/c1-18-8-10-30(11-9-18)25-26-17-20-16-19(2-7-23(20)28-25)24(31)27-21-3-5-22(6-4-21)29-12-14-32-15-13-29/h3-6,17-19H,2,7-16H2,1H3,(H,27,31). The molecule has 1 amide bonds. The number of aromatic nitrogens is 2. The van der Waals surface area contributed by atoms with Crippen molar-refractivity contribution in [1.82, 2.24) is 9.97 Å². The van der Waals surface area contributed by atoms with E-state index in [1.807, 2.05) is 18.3 Å². The topological polar surface area (TPSA) is 70.6 Å². The summed E-state index contributed by atoms with van der Waals surface area (Å²) in [6.45, 7) is 7.75. The highest BCUT2D eigenvalue weighted by atomic mass is 16.5. The van der Waals surface area contributed by atoms with Crippen molar-refractivity contribution in [3.8, 4) is 0 Å². The van der Waals surface area contributed by atoms with Crippen molar-refractivity contribution in [2.45, 2.75) is 39.0 Å². The van der Waals surface area contributed by atoms with Crippen LogP contribution in [0.3, 0.4) is 0 Å². The number of carbonyl (C=O) groups is 1. The molecule has 1 aromatic heterocycles. The maximum absolute atomic E-state index is 12.9. The normalized spacial score (nSPS) is 21.8. The fourth-order valence-corrected chi connectivity index (χ4v) is 4.90. The van der Waals surface area contributed by atoms with Crippen molar-refractivity contribution < 1.29 is 9.53 Å². The van der Waals surface area contributed by atoms with E-state index in [9.17, 15) is 4.79 Å². The molecule has 2 fully saturated rings. The van der Waals surface area contributed by atoms with Gasteiger partial charge in [0.1, 0.15) is 0 Å². The second kappa shape index (κ2) is 9.45. The van der Waals surface area contributed by atoms with Gasteiger partial charge in [0.2, 0.25) is 11.9 Å². The molecule has 1 N–H and O–H groups in total. The van der Waals surface area contributed by atoms with Gasteiger partial charge in [-0.05, 0) is 67.9 Å². The molecule has 0 saturated carbocycles. The van der Waals surface area contributed by atoms with Gasteiger partial charge in [0.05, 0.1) is 13.2 Å².